The maximum Gasteiger partial charge on any atom is 0.157 e. The minimum absolute atomic E-state index is 0.265. The van der Waals surface area contributed by atoms with Crippen molar-refractivity contribution in [2.24, 2.45) is 10.4 Å². The molecular formula is C11H22N2S. The number of amidine groups is 1. The van der Waals surface area contributed by atoms with Gasteiger partial charge in [-0.1, -0.05) is 39.5 Å². The lowest BCUT2D eigenvalue weighted by molar-refractivity contribution is 0.426. The van der Waals surface area contributed by atoms with Gasteiger partial charge in [0.1, 0.15) is 0 Å². The quantitative estimate of drug-likeness (QED) is 0.764. The summed E-state index contributed by atoms with van der Waals surface area (Å²) in [6.07, 6.45) is 1.16. The molecule has 0 saturated carbocycles. The largest absolute Gasteiger partial charge is 0.359 e. The Morgan fingerprint density at radius 1 is 1.50 bits per heavy atom. The molecule has 0 aromatic heterocycles. The Hall–Kier alpha value is -0.180. The van der Waals surface area contributed by atoms with Crippen molar-refractivity contribution in [1.82, 2.24) is 5.32 Å². The fraction of sp³-hybridized carbons (Fsp3) is 0.909. The number of hydrogen-bond acceptors (Lipinski definition) is 2. The Bertz CT molecular complexity index is 230. The monoisotopic (exact) mass is 214 g/mol. The Kier molecular flexibility index (Phi) is 3.51. The van der Waals surface area contributed by atoms with E-state index in [0.29, 0.717) is 5.41 Å². The molecule has 0 bridgehead atoms. The molecule has 2 nitrogen and oxygen atoms in total. The number of nitrogens with one attached hydrogen (secondary N) is 1. The van der Waals surface area contributed by atoms with E-state index >= 15 is 0 Å². The van der Waals surface area contributed by atoms with E-state index in [0.717, 1.165) is 23.9 Å². The molecule has 82 valence electrons. The number of thioether (sulfide) groups is 1. The maximum absolute atomic E-state index is 4.61. The lowest BCUT2D eigenvalue weighted by atomic mass is 9.97. The summed E-state index contributed by atoms with van der Waals surface area (Å²) in [5.74, 6) is 1.15. The number of hydrogen-bond donors (Lipinski definition) is 1. The Balaban J connectivity index is 2.50. The first-order valence-corrected chi connectivity index (χ1v) is 6.29. The topological polar surface area (TPSA) is 24.4 Å². The highest BCUT2D eigenvalue weighted by Gasteiger charge is 2.30. The zero-order valence-corrected chi connectivity index (χ0v) is 10.8. The Morgan fingerprint density at radius 3 is 2.57 bits per heavy atom. The molecule has 1 rings (SSSR count). The minimum atomic E-state index is 0.265. The van der Waals surface area contributed by atoms with Crippen LogP contribution in [0.1, 0.15) is 41.0 Å². The average Bonchev–Trinajstić information content (AvgIpc) is 2.44. The fourth-order valence-corrected chi connectivity index (χ4v) is 2.35. The predicted molar refractivity (Wildman–Crippen MR) is 66.0 cm³/mol. The van der Waals surface area contributed by atoms with Gasteiger partial charge in [-0.25, -0.2) is 0 Å². The molecule has 1 N–H and O–H groups in total. The average molecular weight is 214 g/mol. The van der Waals surface area contributed by atoms with Crippen LogP contribution in [0.2, 0.25) is 0 Å². The van der Waals surface area contributed by atoms with Gasteiger partial charge in [-0.05, 0) is 18.8 Å². The van der Waals surface area contributed by atoms with Crippen LogP contribution >= 0.6 is 11.8 Å². The zero-order valence-electron chi connectivity index (χ0n) is 9.98. The molecule has 3 heteroatoms. The Morgan fingerprint density at radius 2 is 2.14 bits per heavy atom. The van der Waals surface area contributed by atoms with E-state index in [1.807, 2.05) is 11.8 Å². The summed E-state index contributed by atoms with van der Waals surface area (Å²) in [6, 6.07) is 0. The molecule has 1 fully saturated rings. The van der Waals surface area contributed by atoms with Gasteiger partial charge in [0.15, 0.2) is 5.17 Å². The van der Waals surface area contributed by atoms with Crippen molar-refractivity contribution < 1.29 is 0 Å². The van der Waals surface area contributed by atoms with Gasteiger partial charge in [-0.15, -0.1) is 0 Å². The normalized spacial score (nSPS) is 30.8. The molecule has 0 amide bonds. The summed E-state index contributed by atoms with van der Waals surface area (Å²) in [5.41, 5.74) is 0.557. The Labute approximate surface area is 92.0 Å². The fourth-order valence-electron chi connectivity index (χ4n) is 1.14. The van der Waals surface area contributed by atoms with Gasteiger partial charge in [-0.2, -0.15) is 0 Å². The van der Waals surface area contributed by atoms with Crippen molar-refractivity contribution in [3.63, 3.8) is 0 Å². The molecule has 0 aromatic carbocycles. The van der Waals surface area contributed by atoms with Gasteiger partial charge in [0, 0.05) is 17.8 Å². The van der Waals surface area contributed by atoms with Crippen LogP contribution in [0.4, 0.5) is 0 Å². The first-order valence-electron chi connectivity index (χ1n) is 5.30. The SMILES string of the molecule is CCC1(C)CSC(=NCC(C)(C)C)N1. The summed E-state index contributed by atoms with van der Waals surface area (Å²) in [5, 5.41) is 4.63. The van der Waals surface area contributed by atoms with Crippen LogP contribution in [-0.2, 0) is 0 Å². The van der Waals surface area contributed by atoms with Gasteiger partial charge in [-0.3, -0.25) is 4.99 Å². The number of aliphatic imine (C=N–C) groups is 1. The summed E-state index contributed by atoms with van der Waals surface area (Å²) >= 11 is 1.85. The molecule has 1 heterocycles. The summed E-state index contributed by atoms with van der Waals surface area (Å²) in [6.45, 7) is 12.0. The molecular weight excluding hydrogens is 192 g/mol. The lowest BCUT2D eigenvalue weighted by Crippen LogP contribution is -2.39. The van der Waals surface area contributed by atoms with Gasteiger partial charge < -0.3 is 5.32 Å². The molecule has 1 aliphatic rings. The highest BCUT2D eigenvalue weighted by atomic mass is 32.2. The van der Waals surface area contributed by atoms with E-state index < -0.39 is 0 Å². The summed E-state index contributed by atoms with van der Waals surface area (Å²) in [7, 11) is 0. The van der Waals surface area contributed by atoms with Crippen LogP contribution < -0.4 is 5.32 Å². The molecule has 0 aromatic rings. The molecule has 0 aliphatic carbocycles. The van der Waals surface area contributed by atoms with Gasteiger partial charge >= 0.3 is 0 Å². The molecule has 0 spiro atoms. The van der Waals surface area contributed by atoms with Crippen molar-refractivity contribution in [3.8, 4) is 0 Å². The van der Waals surface area contributed by atoms with Crippen molar-refractivity contribution in [2.45, 2.75) is 46.6 Å². The van der Waals surface area contributed by atoms with Crippen LogP contribution in [-0.4, -0.2) is 23.0 Å². The first kappa shape index (κ1) is 11.9. The smallest absolute Gasteiger partial charge is 0.157 e. The lowest BCUT2D eigenvalue weighted by Gasteiger charge is -2.21. The third kappa shape index (κ3) is 3.52. The van der Waals surface area contributed by atoms with Crippen molar-refractivity contribution in [2.75, 3.05) is 12.3 Å². The highest BCUT2D eigenvalue weighted by molar-refractivity contribution is 8.14. The van der Waals surface area contributed by atoms with Crippen LogP contribution in [0.3, 0.4) is 0 Å². The standard InChI is InChI=1S/C11H22N2S/c1-6-11(5)8-14-9(13-11)12-7-10(2,3)4/h6-8H2,1-5H3,(H,12,13). The van der Waals surface area contributed by atoms with E-state index in [4.69, 9.17) is 0 Å². The van der Waals surface area contributed by atoms with Crippen molar-refractivity contribution in [1.29, 1.82) is 0 Å². The summed E-state index contributed by atoms with van der Waals surface area (Å²) in [4.78, 5) is 4.61. The van der Waals surface area contributed by atoms with Gasteiger partial charge in [0.25, 0.3) is 0 Å². The first-order chi connectivity index (χ1) is 6.35. The van der Waals surface area contributed by atoms with Gasteiger partial charge in [0.05, 0.1) is 0 Å². The van der Waals surface area contributed by atoms with Crippen molar-refractivity contribution >= 4 is 16.9 Å². The highest BCUT2D eigenvalue weighted by Crippen LogP contribution is 2.26. The third-order valence-electron chi connectivity index (χ3n) is 2.41. The van der Waals surface area contributed by atoms with Crippen molar-refractivity contribution in [3.05, 3.63) is 0 Å². The molecule has 0 radical (unpaired) electrons. The van der Waals surface area contributed by atoms with Crippen LogP contribution in [0, 0.1) is 5.41 Å². The molecule has 1 unspecified atom stereocenters. The van der Waals surface area contributed by atoms with E-state index in [-0.39, 0.29) is 5.54 Å². The second-order valence-electron chi connectivity index (χ2n) is 5.51. The number of nitrogens with zero attached hydrogens (tertiary/aromatic N) is 1. The van der Waals surface area contributed by atoms with Crippen LogP contribution in [0.15, 0.2) is 4.99 Å². The second-order valence-corrected chi connectivity index (χ2v) is 6.47. The molecule has 1 saturated heterocycles. The van der Waals surface area contributed by atoms with E-state index in [9.17, 15) is 0 Å². The third-order valence-corrected chi connectivity index (χ3v) is 3.70. The van der Waals surface area contributed by atoms with Crippen LogP contribution in [0.5, 0.6) is 0 Å². The molecule has 1 atom stereocenters. The second kappa shape index (κ2) is 4.13. The van der Waals surface area contributed by atoms with E-state index in [2.05, 4.69) is 44.9 Å². The zero-order chi connectivity index (χ0) is 10.8. The number of rotatable bonds is 2. The maximum atomic E-state index is 4.61. The van der Waals surface area contributed by atoms with E-state index in [1.54, 1.807) is 0 Å². The minimum Gasteiger partial charge on any atom is -0.359 e. The van der Waals surface area contributed by atoms with E-state index in [1.165, 1.54) is 0 Å². The summed E-state index contributed by atoms with van der Waals surface area (Å²) < 4.78 is 0. The van der Waals surface area contributed by atoms with Crippen LogP contribution in [0.25, 0.3) is 0 Å². The molecule has 14 heavy (non-hydrogen) atoms. The predicted octanol–water partition coefficient (Wildman–Crippen LogP) is 2.89. The van der Waals surface area contributed by atoms with Gasteiger partial charge in [0.2, 0.25) is 0 Å². The molecule has 1 aliphatic heterocycles.